The van der Waals surface area contributed by atoms with E-state index >= 15 is 0 Å². The lowest BCUT2D eigenvalue weighted by Crippen LogP contribution is -2.32. The summed E-state index contributed by atoms with van der Waals surface area (Å²) in [6.07, 6.45) is 4.57. The quantitative estimate of drug-likeness (QED) is 0.607. The van der Waals surface area contributed by atoms with Crippen LogP contribution in [0.1, 0.15) is 37.8 Å². The van der Waals surface area contributed by atoms with Crippen LogP contribution in [0.4, 0.5) is 0 Å². The van der Waals surface area contributed by atoms with E-state index in [0.29, 0.717) is 6.04 Å². The van der Waals surface area contributed by atoms with Crippen molar-refractivity contribution in [2.75, 3.05) is 25.6 Å². The highest BCUT2D eigenvalue weighted by Crippen LogP contribution is 2.21. The van der Waals surface area contributed by atoms with Gasteiger partial charge in [0.1, 0.15) is 0 Å². The molecule has 0 radical (unpaired) electrons. The number of nitrogens with zero attached hydrogens (tertiary/aromatic N) is 1. The molecule has 21 heavy (non-hydrogen) atoms. The van der Waals surface area contributed by atoms with Gasteiger partial charge in [0.15, 0.2) is 0 Å². The molecule has 2 nitrogen and oxygen atoms in total. The summed E-state index contributed by atoms with van der Waals surface area (Å²) in [7, 11) is 2.23. The smallest absolute Gasteiger partial charge is 0.0245 e. The highest BCUT2D eigenvalue weighted by Gasteiger charge is 2.13. The number of rotatable bonds is 10. The maximum absolute atomic E-state index is 3.73. The van der Waals surface area contributed by atoms with Crippen LogP contribution in [-0.2, 0) is 13.1 Å². The second-order valence-corrected chi connectivity index (χ2v) is 7.30. The normalized spacial score (nSPS) is 12.9. The summed E-state index contributed by atoms with van der Waals surface area (Å²) in [5, 5.41) is 3.45. The Balaban J connectivity index is 2.62. The van der Waals surface area contributed by atoms with Gasteiger partial charge in [-0.15, -0.1) is 0 Å². The Labute approximate surface area is 143 Å². The van der Waals surface area contributed by atoms with E-state index in [1.165, 1.54) is 34.2 Å². The molecular formula is C17H29BrN2S. The lowest BCUT2D eigenvalue weighted by atomic mass is 10.1. The first-order valence-electron chi connectivity index (χ1n) is 7.79. The second-order valence-electron chi connectivity index (χ2n) is 5.54. The highest BCUT2D eigenvalue weighted by molar-refractivity contribution is 9.10. The van der Waals surface area contributed by atoms with Crippen LogP contribution in [0.3, 0.4) is 0 Å². The number of nitrogens with one attached hydrogen (secondary N) is 1. The van der Waals surface area contributed by atoms with Gasteiger partial charge in [0.05, 0.1) is 0 Å². The molecule has 1 aromatic rings. The molecule has 0 aliphatic rings. The lowest BCUT2D eigenvalue weighted by Gasteiger charge is -2.27. The van der Waals surface area contributed by atoms with E-state index in [1.54, 1.807) is 0 Å². The molecule has 0 aliphatic carbocycles. The van der Waals surface area contributed by atoms with E-state index in [2.05, 4.69) is 71.5 Å². The largest absolute Gasteiger partial charge is 0.313 e. The monoisotopic (exact) mass is 372 g/mol. The van der Waals surface area contributed by atoms with Gasteiger partial charge in [-0.25, -0.2) is 0 Å². The van der Waals surface area contributed by atoms with E-state index in [0.717, 1.165) is 19.6 Å². The van der Waals surface area contributed by atoms with E-state index < -0.39 is 0 Å². The van der Waals surface area contributed by atoms with E-state index in [1.807, 2.05) is 11.8 Å². The Hall–Kier alpha value is -0.0300. The van der Waals surface area contributed by atoms with Crippen molar-refractivity contribution in [2.45, 2.75) is 45.8 Å². The Morgan fingerprint density at radius 1 is 1.33 bits per heavy atom. The molecule has 1 aromatic carbocycles. The molecule has 4 heteroatoms. The molecule has 0 heterocycles. The van der Waals surface area contributed by atoms with E-state index in [-0.39, 0.29) is 0 Å². The van der Waals surface area contributed by atoms with Crippen LogP contribution in [-0.4, -0.2) is 36.5 Å². The number of hydrogen-bond donors (Lipinski definition) is 1. The summed E-state index contributed by atoms with van der Waals surface area (Å²) in [6, 6.07) is 7.40. The SMILES string of the molecule is CCCNCc1ccc(CN(C)C(CC)CSC)c(Br)c1. The maximum Gasteiger partial charge on any atom is 0.0245 e. The Morgan fingerprint density at radius 3 is 2.67 bits per heavy atom. The van der Waals surface area contributed by atoms with Gasteiger partial charge in [-0.3, -0.25) is 4.90 Å². The fourth-order valence-corrected chi connectivity index (χ4v) is 3.81. The van der Waals surface area contributed by atoms with Crippen LogP contribution in [0.2, 0.25) is 0 Å². The molecule has 0 fully saturated rings. The van der Waals surface area contributed by atoms with Crippen molar-refractivity contribution in [3.8, 4) is 0 Å². The fraction of sp³-hybridized carbons (Fsp3) is 0.647. The van der Waals surface area contributed by atoms with Crippen molar-refractivity contribution in [2.24, 2.45) is 0 Å². The predicted octanol–water partition coefficient (Wildman–Crippen LogP) is 4.52. The van der Waals surface area contributed by atoms with Crippen LogP contribution in [0, 0.1) is 0 Å². The van der Waals surface area contributed by atoms with Crippen LogP contribution in [0.5, 0.6) is 0 Å². The first-order chi connectivity index (χ1) is 10.1. The third-order valence-corrected chi connectivity index (χ3v) is 5.20. The van der Waals surface area contributed by atoms with Gasteiger partial charge in [-0.1, -0.05) is 41.9 Å². The maximum atomic E-state index is 3.73. The minimum atomic E-state index is 0.651. The Morgan fingerprint density at radius 2 is 2.10 bits per heavy atom. The predicted molar refractivity (Wildman–Crippen MR) is 100 cm³/mol. The van der Waals surface area contributed by atoms with Crippen molar-refractivity contribution in [1.82, 2.24) is 10.2 Å². The molecule has 1 rings (SSSR count). The molecule has 1 N–H and O–H groups in total. The number of halogens is 1. The van der Waals surface area contributed by atoms with Crippen molar-refractivity contribution < 1.29 is 0 Å². The molecule has 0 bridgehead atoms. The van der Waals surface area contributed by atoms with Crippen molar-refractivity contribution >= 4 is 27.7 Å². The molecule has 120 valence electrons. The zero-order valence-corrected chi connectivity index (χ0v) is 16.2. The summed E-state index contributed by atoms with van der Waals surface area (Å²) in [4.78, 5) is 2.46. The zero-order valence-electron chi connectivity index (χ0n) is 13.8. The van der Waals surface area contributed by atoms with Crippen molar-refractivity contribution in [1.29, 1.82) is 0 Å². The third kappa shape index (κ3) is 6.72. The average molecular weight is 373 g/mol. The van der Waals surface area contributed by atoms with E-state index in [4.69, 9.17) is 0 Å². The number of benzene rings is 1. The molecule has 0 aromatic heterocycles. The summed E-state index contributed by atoms with van der Waals surface area (Å²) in [5.74, 6) is 1.20. The zero-order chi connectivity index (χ0) is 15.7. The first-order valence-corrected chi connectivity index (χ1v) is 9.98. The molecule has 1 atom stereocenters. The third-order valence-electron chi connectivity index (χ3n) is 3.75. The number of thioether (sulfide) groups is 1. The fourth-order valence-electron chi connectivity index (χ4n) is 2.39. The number of hydrogen-bond acceptors (Lipinski definition) is 3. The Kier molecular flexibility index (Phi) is 9.65. The lowest BCUT2D eigenvalue weighted by molar-refractivity contribution is 0.247. The van der Waals surface area contributed by atoms with Gasteiger partial charge in [0, 0.05) is 29.4 Å². The van der Waals surface area contributed by atoms with E-state index in [9.17, 15) is 0 Å². The molecule has 0 amide bonds. The summed E-state index contributed by atoms with van der Waals surface area (Å²) >= 11 is 5.66. The minimum absolute atomic E-state index is 0.651. The second kappa shape index (κ2) is 10.7. The van der Waals surface area contributed by atoms with Gasteiger partial charge < -0.3 is 5.32 Å². The van der Waals surface area contributed by atoms with Gasteiger partial charge in [-0.2, -0.15) is 11.8 Å². The topological polar surface area (TPSA) is 15.3 Å². The van der Waals surface area contributed by atoms with Gasteiger partial charge in [-0.05, 0) is 49.9 Å². The van der Waals surface area contributed by atoms with Crippen LogP contribution < -0.4 is 5.32 Å². The van der Waals surface area contributed by atoms with Crippen LogP contribution >= 0.6 is 27.7 Å². The highest BCUT2D eigenvalue weighted by atomic mass is 79.9. The average Bonchev–Trinajstić information content (AvgIpc) is 2.47. The molecule has 0 spiro atoms. The van der Waals surface area contributed by atoms with Crippen molar-refractivity contribution in [3.05, 3.63) is 33.8 Å². The van der Waals surface area contributed by atoms with Gasteiger partial charge in [0.2, 0.25) is 0 Å². The summed E-state index contributed by atoms with van der Waals surface area (Å²) < 4.78 is 1.23. The first kappa shape index (κ1) is 19.0. The van der Waals surface area contributed by atoms with Gasteiger partial charge >= 0.3 is 0 Å². The molecule has 1 unspecified atom stereocenters. The molecule has 0 aliphatic heterocycles. The molecule has 0 saturated heterocycles. The summed E-state index contributed by atoms with van der Waals surface area (Å²) in [5.41, 5.74) is 2.72. The minimum Gasteiger partial charge on any atom is -0.313 e. The molecule has 0 saturated carbocycles. The molecular weight excluding hydrogens is 344 g/mol. The van der Waals surface area contributed by atoms with Crippen LogP contribution in [0.25, 0.3) is 0 Å². The summed E-state index contributed by atoms with van der Waals surface area (Å²) in [6.45, 7) is 7.50. The van der Waals surface area contributed by atoms with Crippen molar-refractivity contribution in [3.63, 3.8) is 0 Å². The van der Waals surface area contributed by atoms with Gasteiger partial charge in [0.25, 0.3) is 0 Å². The standard InChI is InChI=1S/C17H29BrN2S/c1-5-9-19-11-14-7-8-15(17(18)10-14)12-20(3)16(6-2)13-21-4/h7-8,10,16,19H,5-6,9,11-13H2,1-4H3. The Bertz CT molecular complexity index is 412. The van der Waals surface area contributed by atoms with Crippen LogP contribution in [0.15, 0.2) is 22.7 Å².